The number of nitrogens with one attached hydrogen (secondary N) is 1. The normalized spacial score (nSPS) is 17.4. The van der Waals surface area contributed by atoms with Crippen molar-refractivity contribution >= 4 is 10.9 Å². The number of hydrogen-bond donors (Lipinski definition) is 1. The average Bonchev–Trinajstić information content (AvgIpc) is 2.67. The van der Waals surface area contributed by atoms with Crippen molar-refractivity contribution < 1.29 is 0 Å². The summed E-state index contributed by atoms with van der Waals surface area (Å²) in [5, 5.41) is 5.11. The maximum atomic E-state index is 3.72. The van der Waals surface area contributed by atoms with Gasteiger partial charge in [0.1, 0.15) is 0 Å². The van der Waals surface area contributed by atoms with Crippen LogP contribution in [0.5, 0.6) is 0 Å². The zero-order valence-corrected chi connectivity index (χ0v) is 13.0. The van der Waals surface area contributed by atoms with Gasteiger partial charge < -0.3 is 9.88 Å². The van der Waals surface area contributed by atoms with Gasteiger partial charge in [-0.25, -0.2) is 0 Å². The Balaban J connectivity index is 1.74. The molecule has 1 aliphatic rings. The summed E-state index contributed by atoms with van der Waals surface area (Å²) in [5.74, 6) is 0. The second kappa shape index (κ2) is 5.25. The molecule has 0 radical (unpaired) electrons. The number of aromatic nitrogens is 1. The van der Waals surface area contributed by atoms with Crippen LogP contribution in [0.3, 0.4) is 0 Å². The van der Waals surface area contributed by atoms with Crippen LogP contribution >= 0.6 is 0 Å². The van der Waals surface area contributed by atoms with Crippen LogP contribution < -0.4 is 5.32 Å². The first-order valence-corrected chi connectivity index (χ1v) is 7.90. The van der Waals surface area contributed by atoms with E-state index >= 15 is 0 Å². The van der Waals surface area contributed by atoms with Gasteiger partial charge in [-0.1, -0.05) is 31.5 Å². The predicted molar refractivity (Wildman–Crippen MR) is 85.9 cm³/mol. The SMILES string of the molecule is CCC1(CNCc2c(C)c3ccccc3n2C)CCC1. The zero-order valence-electron chi connectivity index (χ0n) is 13.0. The van der Waals surface area contributed by atoms with E-state index < -0.39 is 0 Å². The molecular formula is C18H26N2. The van der Waals surface area contributed by atoms with Crippen LogP contribution in [0.4, 0.5) is 0 Å². The molecule has 0 spiro atoms. The molecule has 2 aromatic rings. The van der Waals surface area contributed by atoms with Gasteiger partial charge in [0, 0.05) is 36.7 Å². The van der Waals surface area contributed by atoms with Crippen molar-refractivity contribution in [2.75, 3.05) is 6.54 Å². The molecule has 1 saturated carbocycles. The number of benzene rings is 1. The molecule has 1 fully saturated rings. The van der Waals surface area contributed by atoms with Gasteiger partial charge in [0.15, 0.2) is 0 Å². The predicted octanol–water partition coefficient (Wildman–Crippen LogP) is 4.16. The maximum Gasteiger partial charge on any atom is 0.0483 e. The number of para-hydroxylation sites is 1. The minimum absolute atomic E-state index is 0.596. The Morgan fingerprint density at radius 2 is 2.00 bits per heavy atom. The Labute approximate surface area is 122 Å². The fourth-order valence-corrected chi connectivity index (χ4v) is 3.66. The van der Waals surface area contributed by atoms with Crippen molar-refractivity contribution in [3.8, 4) is 0 Å². The summed E-state index contributed by atoms with van der Waals surface area (Å²) in [7, 11) is 2.19. The van der Waals surface area contributed by atoms with E-state index in [-0.39, 0.29) is 0 Å². The minimum Gasteiger partial charge on any atom is -0.346 e. The fraction of sp³-hybridized carbons (Fsp3) is 0.556. The topological polar surface area (TPSA) is 17.0 Å². The monoisotopic (exact) mass is 270 g/mol. The molecular weight excluding hydrogens is 244 g/mol. The van der Waals surface area contributed by atoms with Crippen LogP contribution in [0.15, 0.2) is 24.3 Å². The van der Waals surface area contributed by atoms with Crippen LogP contribution in [0, 0.1) is 12.3 Å². The Hall–Kier alpha value is -1.28. The van der Waals surface area contributed by atoms with E-state index in [9.17, 15) is 0 Å². The summed E-state index contributed by atoms with van der Waals surface area (Å²) in [6.45, 7) is 6.74. The lowest BCUT2D eigenvalue weighted by Crippen LogP contribution is -2.39. The first kappa shape index (κ1) is 13.7. The van der Waals surface area contributed by atoms with E-state index in [2.05, 4.69) is 55.0 Å². The molecule has 1 aromatic carbocycles. The molecule has 3 rings (SSSR count). The van der Waals surface area contributed by atoms with Crippen molar-refractivity contribution in [3.05, 3.63) is 35.5 Å². The third kappa shape index (κ3) is 2.16. The van der Waals surface area contributed by atoms with Gasteiger partial charge in [0.2, 0.25) is 0 Å². The Morgan fingerprint density at radius 1 is 1.25 bits per heavy atom. The van der Waals surface area contributed by atoms with Crippen molar-refractivity contribution in [1.29, 1.82) is 0 Å². The van der Waals surface area contributed by atoms with Crippen LogP contribution in [-0.2, 0) is 13.6 Å². The smallest absolute Gasteiger partial charge is 0.0483 e. The second-order valence-electron chi connectivity index (χ2n) is 6.46. The van der Waals surface area contributed by atoms with Crippen LogP contribution in [0.2, 0.25) is 0 Å². The number of aryl methyl sites for hydroxylation is 2. The third-order valence-electron chi connectivity index (χ3n) is 5.46. The molecule has 0 bridgehead atoms. The molecule has 0 atom stereocenters. The highest BCUT2D eigenvalue weighted by atomic mass is 15.0. The number of rotatable bonds is 5. The minimum atomic E-state index is 0.596. The molecule has 0 amide bonds. The lowest BCUT2D eigenvalue weighted by molar-refractivity contribution is 0.123. The van der Waals surface area contributed by atoms with Crippen LogP contribution in [0.25, 0.3) is 10.9 Å². The summed E-state index contributed by atoms with van der Waals surface area (Å²) >= 11 is 0. The van der Waals surface area contributed by atoms with Gasteiger partial charge >= 0.3 is 0 Å². The number of nitrogens with zero attached hydrogens (tertiary/aromatic N) is 1. The van der Waals surface area contributed by atoms with E-state index in [1.807, 2.05) is 0 Å². The molecule has 20 heavy (non-hydrogen) atoms. The highest BCUT2D eigenvalue weighted by molar-refractivity contribution is 5.85. The molecule has 0 unspecified atom stereocenters. The van der Waals surface area contributed by atoms with Crippen molar-refractivity contribution in [2.45, 2.75) is 46.1 Å². The lowest BCUT2D eigenvalue weighted by atomic mass is 9.67. The summed E-state index contributed by atoms with van der Waals surface area (Å²) < 4.78 is 2.34. The van der Waals surface area contributed by atoms with E-state index in [4.69, 9.17) is 0 Å². The highest BCUT2D eigenvalue weighted by Gasteiger charge is 2.34. The number of fused-ring (bicyclic) bond motifs is 1. The second-order valence-corrected chi connectivity index (χ2v) is 6.46. The van der Waals surface area contributed by atoms with Gasteiger partial charge in [-0.3, -0.25) is 0 Å². The van der Waals surface area contributed by atoms with Gasteiger partial charge in [0.05, 0.1) is 0 Å². The van der Waals surface area contributed by atoms with Crippen molar-refractivity contribution in [1.82, 2.24) is 9.88 Å². The standard InChI is InChI=1S/C18H26N2/c1-4-18(10-7-11-18)13-19-12-17-14(2)15-8-5-6-9-16(15)20(17)3/h5-6,8-9,19H,4,7,10-13H2,1-3H3. The molecule has 0 saturated heterocycles. The molecule has 2 nitrogen and oxygen atoms in total. The largest absolute Gasteiger partial charge is 0.346 e. The molecule has 0 aliphatic heterocycles. The first-order valence-electron chi connectivity index (χ1n) is 7.90. The highest BCUT2D eigenvalue weighted by Crippen LogP contribution is 2.43. The summed E-state index contributed by atoms with van der Waals surface area (Å²) in [6.07, 6.45) is 5.55. The first-order chi connectivity index (χ1) is 9.67. The van der Waals surface area contributed by atoms with E-state index in [0.717, 1.165) is 6.54 Å². The fourth-order valence-electron chi connectivity index (χ4n) is 3.66. The Bertz CT molecular complexity index is 561. The van der Waals surface area contributed by atoms with Crippen molar-refractivity contribution in [3.63, 3.8) is 0 Å². The molecule has 108 valence electrons. The quantitative estimate of drug-likeness (QED) is 0.863. The van der Waals surface area contributed by atoms with Gasteiger partial charge in [-0.15, -0.1) is 0 Å². The van der Waals surface area contributed by atoms with E-state index in [0.29, 0.717) is 5.41 Å². The van der Waals surface area contributed by atoms with Gasteiger partial charge in [-0.05, 0) is 43.2 Å². The lowest BCUT2D eigenvalue weighted by Gasteiger charge is -2.41. The zero-order chi connectivity index (χ0) is 14.2. The molecule has 2 heteroatoms. The van der Waals surface area contributed by atoms with E-state index in [1.165, 1.54) is 54.4 Å². The Kier molecular flexibility index (Phi) is 3.59. The van der Waals surface area contributed by atoms with Crippen molar-refractivity contribution in [2.24, 2.45) is 12.5 Å². The molecule has 1 aliphatic carbocycles. The summed E-state index contributed by atoms with van der Waals surface area (Å²) in [5.41, 5.74) is 4.79. The third-order valence-corrected chi connectivity index (χ3v) is 5.46. The maximum absolute atomic E-state index is 3.72. The van der Waals surface area contributed by atoms with Crippen LogP contribution in [-0.4, -0.2) is 11.1 Å². The van der Waals surface area contributed by atoms with Gasteiger partial charge in [-0.2, -0.15) is 0 Å². The summed E-state index contributed by atoms with van der Waals surface area (Å²) in [6, 6.07) is 8.70. The molecule has 1 heterocycles. The Morgan fingerprint density at radius 3 is 2.60 bits per heavy atom. The summed E-state index contributed by atoms with van der Waals surface area (Å²) in [4.78, 5) is 0. The van der Waals surface area contributed by atoms with Crippen LogP contribution in [0.1, 0.15) is 43.9 Å². The average molecular weight is 270 g/mol. The molecule has 1 aromatic heterocycles. The van der Waals surface area contributed by atoms with E-state index in [1.54, 1.807) is 0 Å². The molecule has 1 N–H and O–H groups in total. The number of hydrogen-bond acceptors (Lipinski definition) is 1. The van der Waals surface area contributed by atoms with Gasteiger partial charge in [0.25, 0.3) is 0 Å².